The Kier molecular flexibility index (Phi) is 11.7. The fourth-order valence-corrected chi connectivity index (χ4v) is 0.642. The van der Waals surface area contributed by atoms with Crippen LogP contribution in [0.4, 0.5) is 0 Å². The quantitative estimate of drug-likeness (QED) is 0.453. The zero-order valence-electron chi connectivity index (χ0n) is 6.13. The molecule has 0 aliphatic carbocycles. The molecule has 0 amide bonds. The number of hydrogen-bond acceptors (Lipinski definition) is 0. The van der Waals surface area contributed by atoms with Crippen LogP contribution in [-0.4, -0.2) is 0 Å². The van der Waals surface area contributed by atoms with Gasteiger partial charge < -0.3 is 0 Å². The minimum Gasteiger partial charge on any atom is -0.214 e. The fraction of sp³-hybridized carbons (Fsp3) is 0.0909. The first-order chi connectivity index (χ1) is 5.00. The molecule has 0 nitrogen and oxygen atoms in total. The van der Waals surface area contributed by atoms with E-state index in [4.69, 9.17) is 0 Å². The Bertz CT molecular complexity index is 144. The molecule has 0 unspecified atom stereocenters. The van der Waals surface area contributed by atoms with Gasteiger partial charge in [-0.1, -0.05) is 7.43 Å². The Morgan fingerprint density at radius 2 is 0.833 bits per heavy atom. The van der Waals surface area contributed by atoms with Crippen LogP contribution >= 0.6 is 0 Å². The smallest absolute Gasteiger partial charge is 0.214 e. The summed E-state index contributed by atoms with van der Waals surface area (Å²) < 4.78 is 0. The molecular weight excluding hydrogens is 188 g/mol. The average Bonchev–Trinajstić information content (AvgIpc) is 2.67. The Hall–Kier alpha value is -0.781. The first-order valence-electron chi connectivity index (χ1n) is 3.33. The van der Waals surface area contributed by atoms with Crippen molar-refractivity contribution in [2.24, 2.45) is 0 Å². The van der Waals surface area contributed by atoms with Crippen molar-refractivity contribution in [3.05, 3.63) is 60.7 Å². The average molecular weight is 202 g/mol. The maximum atomic E-state index is 2.00. The van der Waals surface area contributed by atoms with Crippen LogP contribution in [0.2, 0.25) is 0 Å². The van der Waals surface area contributed by atoms with Crippen LogP contribution in [0.15, 0.2) is 60.7 Å². The maximum Gasteiger partial charge on any atom is 2.00 e. The zero-order chi connectivity index (χ0) is 7.07. The van der Waals surface area contributed by atoms with Crippen LogP contribution in [0.3, 0.4) is 0 Å². The summed E-state index contributed by atoms with van der Waals surface area (Å²) in [6.45, 7) is 0. The predicted molar refractivity (Wildman–Crippen MR) is 50.8 cm³/mol. The minimum atomic E-state index is 0. The third-order valence-corrected chi connectivity index (χ3v) is 1.11. The first-order valence-corrected chi connectivity index (χ1v) is 3.33. The van der Waals surface area contributed by atoms with E-state index in [1.54, 1.807) is 0 Å². The van der Waals surface area contributed by atoms with Crippen LogP contribution in [0.1, 0.15) is 7.43 Å². The molecule has 0 aromatic heterocycles. The molecule has 0 spiro atoms. The molecule has 2 aromatic rings. The molecular formula is C11H14Fe. The van der Waals surface area contributed by atoms with Crippen molar-refractivity contribution in [3.63, 3.8) is 0 Å². The molecule has 1 heteroatoms. The summed E-state index contributed by atoms with van der Waals surface area (Å²) in [5, 5.41) is 0. The first kappa shape index (κ1) is 13.8. The molecule has 0 saturated heterocycles. The molecule has 0 atom stereocenters. The van der Waals surface area contributed by atoms with Gasteiger partial charge in [-0.2, -0.15) is 36.4 Å². The van der Waals surface area contributed by atoms with Crippen molar-refractivity contribution in [1.29, 1.82) is 0 Å². The van der Waals surface area contributed by atoms with Gasteiger partial charge in [0.1, 0.15) is 0 Å². The van der Waals surface area contributed by atoms with Crippen LogP contribution < -0.4 is 0 Å². The van der Waals surface area contributed by atoms with E-state index in [2.05, 4.69) is 0 Å². The van der Waals surface area contributed by atoms with Crippen molar-refractivity contribution in [2.75, 3.05) is 0 Å². The van der Waals surface area contributed by atoms with E-state index in [1.165, 1.54) is 0 Å². The molecule has 0 N–H and O–H groups in total. The van der Waals surface area contributed by atoms with Gasteiger partial charge in [0.25, 0.3) is 0 Å². The van der Waals surface area contributed by atoms with E-state index in [0.29, 0.717) is 0 Å². The minimum absolute atomic E-state index is 0. The predicted octanol–water partition coefficient (Wildman–Crippen LogP) is 3.44. The van der Waals surface area contributed by atoms with Gasteiger partial charge in [-0.3, -0.25) is 0 Å². The summed E-state index contributed by atoms with van der Waals surface area (Å²) >= 11 is 0. The Balaban J connectivity index is 0. The van der Waals surface area contributed by atoms with Crippen LogP contribution in [-0.2, 0) is 17.1 Å². The summed E-state index contributed by atoms with van der Waals surface area (Å²) in [6.07, 6.45) is 0. The standard InChI is InChI=1S/2C5H5.CH4.Fe/c2*1-2-4-5-3-1;;/h2*1-5H;1H4;/q2*-1;;+2. The van der Waals surface area contributed by atoms with Crippen LogP contribution in [0, 0.1) is 0 Å². The third-order valence-electron chi connectivity index (χ3n) is 1.11. The SMILES string of the molecule is C.[Fe+2].c1cc[cH-]c1.c1cc[cH-]c1. The molecule has 0 bridgehead atoms. The Morgan fingerprint density at radius 3 is 0.917 bits per heavy atom. The van der Waals surface area contributed by atoms with E-state index in [0.717, 1.165) is 0 Å². The van der Waals surface area contributed by atoms with Crippen LogP contribution in [0.5, 0.6) is 0 Å². The van der Waals surface area contributed by atoms with Crippen molar-refractivity contribution in [1.82, 2.24) is 0 Å². The van der Waals surface area contributed by atoms with E-state index in [1.807, 2.05) is 60.7 Å². The van der Waals surface area contributed by atoms with Crippen molar-refractivity contribution < 1.29 is 17.1 Å². The van der Waals surface area contributed by atoms with E-state index in [-0.39, 0.29) is 24.5 Å². The molecule has 0 fully saturated rings. The monoisotopic (exact) mass is 202 g/mol. The maximum absolute atomic E-state index is 2.00. The van der Waals surface area contributed by atoms with E-state index in [9.17, 15) is 0 Å². The molecule has 0 radical (unpaired) electrons. The van der Waals surface area contributed by atoms with E-state index >= 15 is 0 Å². The summed E-state index contributed by atoms with van der Waals surface area (Å²) in [7, 11) is 0. The van der Waals surface area contributed by atoms with Gasteiger partial charge in [-0.15, -0.1) is 0 Å². The molecule has 2 rings (SSSR count). The molecule has 0 aliphatic heterocycles. The van der Waals surface area contributed by atoms with Gasteiger partial charge in [0, 0.05) is 0 Å². The second-order valence-corrected chi connectivity index (χ2v) is 1.92. The van der Waals surface area contributed by atoms with Crippen molar-refractivity contribution >= 4 is 0 Å². The summed E-state index contributed by atoms with van der Waals surface area (Å²) in [5.74, 6) is 0. The second-order valence-electron chi connectivity index (χ2n) is 1.92. The van der Waals surface area contributed by atoms with Gasteiger partial charge >= 0.3 is 17.1 Å². The number of rotatable bonds is 0. The van der Waals surface area contributed by atoms with Gasteiger partial charge in [-0.25, -0.2) is 24.3 Å². The van der Waals surface area contributed by atoms with E-state index < -0.39 is 0 Å². The third kappa shape index (κ3) is 7.33. The normalized spacial score (nSPS) is 6.67. The molecule has 2 aromatic carbocycles. The second kappa shape index (κ2) is 10.2. The van der Waals surface area contributed by atoms with Gasteiger partial charge in [0.2, 0.25) is 0 Å². The zero-order valence-corrected chi connectivity index (χ0v) is 7.23. The van der Waals surface area contributed by atoms with Gasteiger partial charge in [0.05, 0.1) is 0 Å². The van der Waals surface area contributed by atoms with Crippen molar-refractivity contribution in [2.45, 2.75) is 7.43 Å². The largest absolute Gasteiger partial charge is 2.00 e. The Labute approximate surface area is 85.4 Å². The van der Waals surface area contributed by atoms with Crippen molar-refractivity contribution in [3.8, 4) is 0 Å². The number of hydrogen-bond donors (Lipinski definition) is 0. The molecule has 0 saturated carbocycles. The summed E-state index contributed by atoms with van der Waals surface area (Å²) in [4.78, 5) is 0. The molecule has 66 valence electrons. The summed E-state index contributed by atoms with van der Waals surface area (Å²) in [5.41, 5.74) is 0. The molecule has 12 heavy (non-hydrogen) atoms. The molecule has 0 aliphatic rings. The van der Waals surface area contributed by atoms with Gasteiger partial charge in [0.15, 0.2) is 0 Å². The van der Waals surface area contributed by atoms with Crippen LogP contribution in [0.25, 0.3) is 0 Å². The molecule has 0 heterocycles. The fourth-order valence-electron chi connectivity index (χ4n) is 0.642. The Morgan fingerprint density at radius 1 is 0.583 bits per heavy atom. The summed E-state index contributed by atoms with van der Waals surface area (Å²) in [6, 6.07) is 20.0. The van der Waals surface area contributed by atoms with Gasteiger partial charge in [-0.05, 0) is 0 Å². The topological polar surface area (TPSA) is 0 Å².